The molecule has 0 bridgehead atoms. The van der Waals surface area contributed by atoms with Gasteiger partial charge in [0.05, 0.1) is 12.1 Å². The lowest BCUT2D eigenvalue weighted by molar-refractivity contribution is -0.127. The molecule has 31 heavy (non-hydrogen) atoms. The van der Waals surface area contributed by atoms with Gasteiger partial charge in [-0.2, -0.15) is 11.8 Å². The van der Waals surface area contributed by atoms with E-state index < -0.39 is 0 Å². The molecule has 0 aliphatic carbocycles. The Labute approximate surface area is 190 Å². The van der Waals surface area contributed by atoms with Gasteiger partial charge in [-0.25, -0.2) is 4.79 Å². The predicted octanol–water partition coefficient (Wildman–Crippen LogP) is 3.06. The molecule has 3 saturated heterocycles. The fourth-order valence-corrected chi connectivity index (χ4v) is 5.40. The van der Waals surface area contributed by atoms with E-state index in [4.69, 9.17) is 0 Å². The van der Waals surface area contributed by atoms with Gasteiger partial charge in [0.15, 0.2) is 0 Å². The summed E-state index contributed by atoms with van der Waals surface area (Å²) in [5.41, 5.74) is -0.541. The summed E-state index contributed by atoms with van der Waals surface area (Å²) < 4.78 is 0. The molecule has 3 rings (SSSR count). The van der Waals surface area contributed by atoms with Crippen LogP contribution in [0.2, 0.25) is 0 Å². The summed E-state index contributed by atoms with van der Waals surface area (Å²) in [6.45, 7) is 13.7. The molecule has 0 aromatic heterocycles. The Balaban J connectivity index is 0.000000221. The summed E-state index contributed by atoms with van der Waals surface area (Å²) in [6, 6.07) is 0.436. The van der Waals surface area contributed by atoms with E-state index in [0.717, 1.165) is 12.2 Å². The van der Waals surface area contributed by atoms with E-state index in [9.17, 15) is 19.2 Å². The molecule has 0 aromatic carbocycles. The summed E-state index contributed by atoms with van der Waals surface area (Å²) >= 11 is 1.78. The largest absolute Gasteiger partial charge is 0.353 e. The van der Waals surface area contributed by atoms with Gasteiger partial charge in [0.1, 0.15) is 11.6 Å². The maximum atomic E-state index is 11.9. The molecule has 5 unspecified atom stereocenters. The van der Waals surface area contributed by atoms with Gasteiger partial charge in [-0.05, 0) is 12.3 Å². The summed E-state index contributed by atoms with van der Waals surface area (Å²) in [6.07, 6.45) is 2.51. The number of carbonyl (C=O) groups is 4. The van der Waals surface area contributed by atoms with Crippen LogP contribution in [-0.2, 0) is 14.4 Å². The second-order valence-corrected chi connectivity index (χ2v) is 12.3. The van der Waals surface area contributed by atoms with Crippen LogP contribution in [0.1, 0.15) is 74.1 Å². The van der Waals surface area contributed by atoms with Gasteiger partial charge < -0.3 is 16.0 Å². The number of fused-ring (bicyclic) bond motifs is 1. The van der Waals surface area contributed by atoms with E-state index in [0.29, 0.717) is 25.2 Å². The number of ketones is 2. The molecule has 0 saturated carbocycles. The van der Waals surface area contributed by atoms with Crippen LogP contribution in [-0.4, -0.2) is 52.6 Å². The topological polar surface area (TPSA) is 104 Å². The van der Waals surface area contributed by atoms with Crippen molar-refractivity contribution in [2.75, 3.05) is 5.75 Å². The van der Waals surface area contributed by atoms with Crippen molar-refractivity contribution in [3.05, 3.63) is 0 Å². The molecule has 0 aromatic rings. The molecule has 3 amide bonds. The number of hydrogen-bond acceptors (Lipinski definition) is 5. The minimum absolute atomic E-state index is 0.0940. The van der Waals surface area contributed by atoms with Gasteiger partial charge in [0.25, 0.3) is 0 Å². The zero-order valence-corrected chi connectivity index (χ0v) is 20.8. The third-order valence-electron chi connectivity index (χ3n) is 6.22. The van der Waals surface area contributed by atoms with Crippen molar-refractivity contribution < 1.29 is 19.2 Å². The van der Waals surface area contributed by atoms with E-state index >= 15 is 0 Å². The number of amides is 3. The number of nitrogens with one attached hydrogen (secondary N) is 3. The SMILES string of the molecule is CC(C)(C)C(=O)CC1SCC2NC(=O)NC21.CC1CC(=O)NC1CCC(=O)C(C)(C)C. The smallest absolute Gasteiger partial charge is 0.315 e. The number of rotatable bonds is 5. The molecular formula is C23H39N3O4S. The first-order chi connectivity index (χ1) is 14.2. The molecule has 3 N–H and O–H groups in total. The third kappa shape index (κ3) is 7.22. The van der Waals surface area contributed by atoms with E-state index in [2.05, 4.69) is 22.9 Å². The van der Waals surface area contributed by atoms with Crippen molar-refractivity contribution in [2.24, 2.45) is 16.7 Å². The maximum Gasteiger partial charge on any atom is 0.315 e. The molecule has 5 atom stereocenters. The number of carbonyl (C=O) groups excluding carboxylic acids is 4. The second kappa shape index (κ2) is 9.92. The molecule has 3 aliphatic heterocycles. The van der Waals surface area contributed by atoms with Gasteiger partial charge in [-0.3, -0.25) is 14.4 Å². The van der Waals surface area contributed by atoms with Crippen molar-refractivity contribution in [2.45, 2.75) is 97.5 Å². The zero-order valence-electron chi connectivity index (χ0n) is 20.0. The van der Waals surface area contributed by atoms with Crippen molar-refractivity contribution in [1.29, 1.82) is 0 Å². The Hall–Kier alpha value is -1.57. The lowest BCUT2D eigenvalue weighted by Crippen LogP contribution is -2.39. The fraction of sp³-hybridized carbons (Fsp3) is 0.826. The van der Waals surface area contributed by atoms with E-state index in [-0.39, 0.29) is 57.7 Å². The Bertz CT molecular complexity index is 711. The lowest BCUT2D eigenvalue weighted by atomic mass is 9.86. The van der Waals surface area contributed by atoms with Crippen molar-refractivity contribution in [3.8, 4) is 0 Å². The van der Waals surface area contributed by atoms with Crippen LogP contribution in [0.25, 0.3) is 0 Å². The highest BCUT2D eigenvalue weighted by Gasteiger charge is 2.44. The summed E-state index contributed by atoms with van der Waals surface area (Å²) in [5, 5.41) is 8.93. The first kappa shape index (κ1) is 25.7. The second-order valence-electron chi connectivity index (χ2n) is 11.1. The third-order valence-corrected chi connectivity index (χ3v) is 7.66. The first-order valence-corrected chi connectivity index (χ1v) is 12.3. The first-order valence-electron chi connectivity index (χ1n) is 11.2. The molecule has 0 radical (unpaired) electrons. The van der Waals surface area contributed by atoms with Crippen LogP contribution >= 0.6 is 11.8 Å². The zero-order chi connectivity index (χ0) is 23.6. The molecule has 7 nitrogen and oxygen atoms in total. The average molecular weight is 454 g/mol. The van der Waals surface area contributed by atoms with Crippen molar-refractivity contribution in [3.63, 3.8) is 0 Å². The fourth-order valence-electron chi connectivity index (χ4n) is 3.92. The minimum Gasteiger partial charge on any atom is -0.353 e. The van der Waals surface area contributed by atoms with Crippen molar-refractivity contribution in [1.82, 2.24) is 16.0 Å². The van der Waals surface area contributed by atoms with Gasteiger partial charge in [-0.1, -0.05) is 48.5 Å². The van der Waals surface area contributed by atoms with Crippen molar-refractivity contribution >= 4 is 35.3 Å². The molecule has 176 valence electrons. The quantitative estimate of drug-likeness (QED) is 0.555. The standard InChI is InChI=1S/C12H21NO2.C11H18N2O2S/c1-8-7-11(15)13-9(8)5-6-10(14)12(2,3)4;1-11(2,3)8(14)4-7-9-6(5-16-7)12-10(15)13-9/h8-9H,5-7H2,1-4H3,(H,13,15);6-7,9H,4-5H2,1-3H3,(H2,12,13,15). The van der Waals surface area contributed by atoms with Crippen LogP contribution in [0.3, 0.4) is 0 Å². The number of Topliss-reactive ketones (excluding diaryl/α,β-unsaturated/α-hetero) is 2. The van der Waals surface area contributed by atoms with E-state index in [1.54, 1.807) is 11.8 Å². The molecular weight excluding hydrogens is 414 g/mol. The summed E-state index contributed by atoms with van der Waals surface area (Å²) in [4.78, 5) is 45.9. The van der Waals surface area contributed by atoms with Gasteiger partial charge in [0.2, 0.25) is 5.91 Å². The van der Waals surface area contributed by atoms with E-state index in [1.165, 1.54) is 0 Å². The summed E-state index contributed by atoms with van der Waals surface area (Å²) in [5.74, 6) is 1.94. The Kier molecular flexibility index (Phi) is 8.22. The highest BCUT2D eigenvalue weighted by Crippen LogP contribution is 2.34. The molecule has 8 heteroatoms. The Morgan fingerprint density at radius 1 is 0.968 bits per heavy atom. The highest BCUT2D eigenvalue weighted by atomic mass is 32.2. The van der Waals surface area contributed by atoms with Crippen LogP contribution in [0.5, 0.6) is 0 Å². The van der Waals surface area contributed by atoms with Gasteiger partial charge in [-0.15, -0.1) is 0 Å². The molecule has 0 spiro atoms. The van der Waals surface area contributed by atoms with Crippen LogP contribution < -0.4 is 16.0 Å². The molecule has 3 aliphatic rings. The minimum atomic E-state index is -0.283. The maximum absolute atomic E-state index is 11.9. The number of thioether (sulfide) groups is 1. The molecule has 3 heterocycles. The predicted molar refractivity (Wildman–Crippen MR) is 124 cm³/mol. The average Bonchev–Trinajstić information content (AvgIpc) is 3.26. The van der Waals surface area contributed by atoms with Crippen LogP contribution in [0.15, 0.2) is 0 Å². The summed E-state index contributed by atoms with van der Waals surface area (Å²) in [7, 11) is 0. The number of hydrogen-bond donors (Lipinski definition) is 3. The lowest BCUT2D eigenvalue weighted by Gasteiger charge is -2.21. The molecule has 3 fully saturated rings. The van der Waals surface area contributed by atoms with Crippen LogP contribution in [0, 0.1) is 16.7 Å². The van der Waals surface area contributed by atoms with E-state index in [1.807, 2.05) is 41.5 Å². The monoisotopic (exact) mass is 453 g/mol. The highest BCUT2D eigenvalue weighted by molar-refractivity contribution is 8.00. The normalized spacial score (nSPS) is 30.0. The Morgan fingerprint density at radius 2 is 1.58 bits per heavy atom. The Morgan fingerprint density at radius 3 is 2.10 bits per heavy atom. The van der Waals surface area contributed by atoms with Crippen LogP contribution in [0.4, 0.5) is 4.79 Å². The number of urea groups is 1. The van der Waals surface area contributed by atoms with Gasteiger partial charge >= 0.3 is 6.03 Å². The van der Waals surface area contributed by atoms with Gasteiger partial charge in [0, 0.05) is 47.1 Å².